The molecule has 7 heavy (non-hydrogen) atoms. The highest BCUT2D eigenvalue weighted by atomic mass is 16.3. The lowest BCUT2D eigenvalue weighted by atomic mass is 10.2. The number of β-amino-alcohol motifs (C(OH)–C–C–N with tert-alkyl or cyclic N) is 1. The van der Waals surface area contributed by atoms with Crippen molar-refractivity contribution in [1.82, 2.24) is 5.32 Å². The highest BCUT2D eigenvalue weighted by Crippen LogP contribution is 2.03. The van der Waals surface area contributed by atoms with Gasteiger partial charge in [0.1, 0.15) is 0 Å². The van der Waals surface area contributed by atoms with Gasteiger partial charge in [-0.2, -0.15) is 0 Å². The molecule has 0 aromatic carbocycles. The van der Waals surface area contributed by atoms with E-state index < -0.39 is 0 Å². The first kappa shape index (κ1) is 5.06. The van der Waals surface area contributed by atoms with Crippen LogP contribution >= 0.6 is 0 Å². The number of aliphatic hydroxyl groups is 1. The van der Waals surface area contributed by atoms with Gasteiger partial charge in [0.2, 0.25) is 0 Å². The molecule has 0 aliphatic carbocycles. The van der Waals surface area contributed by atoms with Gasteiger partial charge in [-0.05, 0) is 13.3 Å². The van der Waals surface area contributed by atoms with Crippen molar-refractivity contribution in [3.63, 3.8) is 0 Å². The zero-order valence-electron chi connectivity index (χ0n) is 4.52. The zero-order chi connectivity index (χ0) is 5.28. The average molecular weight is 101 g/mol. The summed E-state index contributed by atoms with van der Waals surface area (Å²) < 4.78 is 0. The van der Waals surface area contributed by atoms with Crippen molar-refractivity contribution >= 4 is 0 Å². The lowest BCUT2D eigenvalue weighted by Gasteiger charge is -1.95. The molecule has 1 saturated heterocycles. The number of nitrogens with one attached hydrogen (secondary N) is 1. The van der Waals surface area contributed by atoms with Gasteiger partial charge in [-0.1, -0.05) is 0 Å². The molecule has 2 N–H and O–H groups in total. The molecule has 2 heteroatoms. The molecule has 1 fully saturated rings. The first-order valence-electron chi connectivity index (χ1n) is 2.70. The smallest absolute Gasteiger partial charge is 0.0679 e. The fourth-order valence-corrected chi connectivity index (χ4v) is 0.912. The molecule has 0 aromatic heterocycles. The summed E-state index contributed by atoms with van der Waals surface area (Å²) >= 11 is 0. The third-order valence-electron chi connectivity index (χ3n) is 1.33. The van der Waals surface area contributed by atoms with Crippen LogP contribution in [0.1, 0.15) is 13.3 Å². The lowest BCUT2D eigenvalue weighted by Crippen LogP contribution is -2.17. The molecule has 1 rings (SSSR count). The van der Waals surface area contributed by atoms with Crippen LogP contribution in [0, 0.1) is 0 Å². The molecule has 42 valence electrons. The summed E-state index contributed by atoms with van der Waals surface area (Å²) in [4.78, 5) is 0. The standard InChI is InChI=1S/C5H11NO/c1-4-2-5(7)3-6-4/h4-7H,2-3H2,1H3. The molecule has 0 aromatic rings. The Kier molecular flexibility index (Phi) is 1.30. The van der Waals surface area contributed by atoms with Crippen LogP contribution in [-0.4, -0.2) is 23.8 Å². The molecule has 0 spiro atoms. The molecule has 2 atom stereocenters. The second-order valence-corrected chi connectivity index (χ2v) is 2.20. The molecule has 0 amide bonds. The minimum absolute atomic E-state index is 0.0880. The molecule has 2 nitrogen and oxygen atoms in total. The second-order valence-electron chi connectivity index (χ2n) is 2.20. The average Bonchev–Trinajstić information content (AvgIpc) is 1.87. The zero-order valence-corrected chi connectivity index (χ0v) is 4.52. The van der Waals surface area contributed by atoms with Crippen molar-refractivity contribution in [3.8, 4) is 0 Å². The Morgan fingerprint density at radius 2 is 2.43 bits per heavy atom. The van der Waals surface area contributed by atoms with Crippen molar-refractivity contribution < 1.29 is 5.11 Å². The number of hydrogen-bond acceptors (Lipinski definition) is 2. The third kappa shape index (κ3) is 1.14. The normalized spacial score (nSPS) is 42.0. The van der Waals surface area contributed by atoms with Gasteiger partial charge in [0.15, 0.2) is 0 Å². The molecule has 0 bridgehead atoms. The Balaban J connectivity index is 2.26. The SMILES string of the molecule is CC1CC(O)CN1. The maximum atomic E-state index is 8.84. The van der Waals surface area contributed by atoms with Crippen LogP contribution < -0.4 is 5.32 Å². The van der Waals surface area contributed by atoms with Gasteiger partial charge in [-0.15, -0.1) is 0 Å². The highest BCUT2D eigenvalue weighted by molar-refractivity contribution is 4.76. The third-order valence-corrected chi connectivity index (χ3v) is 1.33. The topological polar surface area (TPSA) is 32.3 Å². The van der Waals surface area contributed by atoms with Crippen LogP contribution in [0.5, 0.6) is 0 Å². The first-order chi connectivity index (χ1) is 3.29. The van der Waals surface area contributed by atoms with Crippen molar-refractivity contribution in [2.75, 3.05) is 6.54 Å². The Morgan fingerprint density at radius 1 is 1.71 bits per heavy atom. The van der Waals surface area contributed by atoms with Gasteiger partial charge in [-0.25, -0.2) is 0 Å². The van der Waals surface area contributed by atoms with Crippen molar-refractivity contribution in [2.24, 2.45) is 0 Å². The van der Waals surface area contributed by atoms with E-state index in [-0.39, 0.29) is 6.10 Å². The predicted octanol–water partition coefficient (Wildman–Crippen LogP) is -0.271. The maximum absolute atomic E-state index is 8.84. The first-order valence-corrected chi connectivity index (χ1v) is 2.70. The summed E-state index contributed by atoms with van der Waals surface area (Å²) in [5.74, 6) is 0. The summed E-state index contributed by atoms with van der Waals surface area (Å²) in [7, 11) is 0. The van der Waals surface area contributed by atoms with Crippen LogP contribution in [0.4, 0.5) is 0 Å². The largest absolute Gasteiger partial charge is 0.392 e. The quantitative estimate of drug-likeness (QED) is 0.440. The number of aliphatic hydroxyl groups excluding tert-OH is 1. The summed E-state index contributed by atoms with van der Waals surface area (Å²) in [6, 6.07) is 0.523. The van der Waals surface area contributed by atoms with E-state index >= 15 is 0 Å². The predicted molar refractivity (Wildman–Crippen MR) is 28.1 cm³/mol. The van der Waals surface area contributed by atoms with E-state index in [1.165, 1.54) is 0 Å². The summed E-state index contributed by atoms with van der Waals surface area (Å²) in [6.07, 6.45) is 0.829. The molecule has 1 aliphatic heterocycles. The van der Waals surface area contributed by atoms with Crippen molar-refractivity contribution in [1.29, 1.82) is 0 Å². The van der Waals surface area contributed by atoms with Crippen molar-refractivity contribution in [2.45, 2.75) is 25.5 Å². The van der Waals surface area contributed by atoms with Crippen LogP contribution in [0.3, 0.4) is 0 Å². The lowest BCUT2D eigenvalue weighted by molar-refractivity contribution is 0.194. The molecule has 0 radical (unpaired) electrons. The van der Waals surface area contributed by atoms with Gasteiger partial charge in [0, 0.05) is 12.6 Å². The van der Waals surface area contributed by atoms with E-state index in [4.69, 9.17) is 5.11 Å². The van der Waals surface area contributed by atoms with E-state index in [1.807, 2.05) is 0 Å². The Hall–Kier alpha value is -0.0800. The monoisotopic (exact) mass is 101 g/mol. The number of rotatable bonds is 0. The Bertz CT molecular complexity index is 57.1. The highest BCUT2D eigenvalue weighted by Gasteiger charge is 2.16. The van der Waals surface area contributed by atoms with Gasteiger partial charge >= 0.3 is 0 Å². The van der Waals surface area contributed by atoms with Crippen LogP contribution in [0.2, 0.25) is 0 Å². The van der Waals surface area contributed by atoms with Gasteiger partial charge in [-0.3, -0.25) is 0 Å². The molecule has 0 saturated carbocycles. The van der Waals surface area contributed by atoms with E-state index in [0.29, 0.717) is 6.04 Å². The molecule has 1 aliphatic rings. The van der Waals surface area contributed by atoms with Crippen molar-refractivity contribution in [3.05, 3.63) is 0 Å². The summed E-state index contributed by atoms with van der Waals surface area (Å²) in [5, 5.41) is 12.0. The van der Waals surface area contributed by atoms with E-state index in [9.17, 15) is 0 Å². The van der Waals surface area contributed by atoms with Gasteiger partial charge < -0.3 is 10.4 Å². The van der Waals surface area contributed by atoms with Crippen LogP contribution in [0.25, 0.3) is 0 Å². The fraction of sp³-hybridized carbons (Fsp3) is 1.00. The van der Waals surface area contributed by atoms with E-state index in [2.05, 4.69) is 12.2 Å². The second kappa shape index (κ2) is 1.80. The molecule has 1 heterocycles. The molecular weight excluding hydrogens is 90.1 g/mol. The number of hydrogen-bond donors (Lipinski definition) is 2. The Labute approximate surface area is 43.5 Å². The summed E-state index contributed by atoms with van der Waals surface area (Å²) in [6.45, 7) is 2.86. The van der Waals surface area contributed by atoms with E-state index in [0.717, 1.165) is 13.0 Å². The molecular formula is C5H11NO. The fourth-order valence-electron chi connectivity index (χ4n) is 0.912. The van der Waals surface area contributed by atoms with E-state index in [1.54, 1.807) is 0 Å². The molecule has 2 unspecified atom stereocenters. The summed E-state index contributed by atoms with van der Waals surface area (Å²) in [5.41, 5.74) is 0. The van der Waals surface area contributed by atoms with Gasteiger partial charge in [0.25, 0.3) is 0 Å². The van der Waals surface area contributed by atoms with Crippen LogP contribution in [0.15, 0.2) is 0 Å². The Morgan fingerprint density at radius 3 is 2.57 bits per heavy atom. The maximum Gasteiger partial charge on any atom is 0.0679 e. The van der Waals surface area contributed by atoms with Gasteiger partial charge in [0.05, 0.1) is 6.10 Å². The van der Waals surface area contributed by atoms with Crippen LogP contribution in [-0.2, 0) is 0 Å². The minimum Gasteiger partial charge on any atom is -0.392 e. The minimum atomic E-state index is -0.0880.